The Morgan fingerprint density at radius 2 is 1.29 bits per heavy atom. The number of H-pyrrole nitrogens is 2. The molecule has 2 aromatic heterocycles. The molecule has 8 nitrogen and oxygen atoms in total. The van der Waals surface area contributed by atoms with E-state index in [2.05, 4.69) is 56.2 Å². The van der Waals surface area contributed by atoms with Crippen molar-refractivity contribution in [3.63, 3.8) is 0 Å². The Morgan fingerprint density at radius 1 is 0.694 bits per heavy atom. The van der Waals surface area contributed by atoms with Gasteiger partial charge in [-0.2, -0.15) is 0 Å². The van der Waals surface area contributed by atoms with Gasteiger partial charge in [0.1, 0.15) is 11.6 Å². The van der Waals surface area contributed by atoms with Crippen LogP contribution in [0, 0.1) is 17.8 Å². The molecule has 4 aromatic rings. The number of nitrogens with zero attached hydrogens (tertiary/aromatic N) is 4. The highest BCUT2D eigenvalue weighted by molar-refractivity contribution is 5.85. The molecule has 5 aliphatic rings. The van der Waals surface area contributed by atoms with E-state index < -0.39 is 0 Å². The normalized spacial score (nSPS) is 30.7. The molecular weight excluding hydrogens is 608 g/mol. The summed E-state index contributed by atoms with van der Waals surface area (Å²) in [6, 6.07) is 20.1. The molecule has 3 saturated carbocycles. The molecule has 8 heteroatoms. The van der Waals surface area contributed by atoms with E-state index in [1.807, 2.05) is 51.4 Å². The van der Waals surface area contributed by atoms with Crippen LogP contribution in [-0.2, 0) is 9.59 Å². The fraction of sp³-hybridized carbons (Fsp3) is 0.512. The average Bonchev–Trinajstić information content (AvgIpc) is 3.73. The molecular formula is C41H48N6O2. The van der Waals surface area contributed by atoms with Gasteiger partial charge >= 0.3 is 0 Å². The van der Waals surface area contributed by atoms with E-state index in [-0.39, 0.29) is 35.7 Å². The number of carbonyl (C=O) groups is 2. The van der Waals surface area contributed by atoms with Gasteiger partial charge < -0.3 is 19.8 Å². The zero-order valence-electron chi connectivity index (χ0n) is 28.9. The molecule has 0 spiro atoms. The summed E-state index contributed by atoms with van der Waals surface area (Å²) >= 11 is 0. The first-order valence-electron chi connectivity index (χ1n) is 18.7. The summed E-state index contributed by atoms with van der Waals surface area (Å²) in [4.78, 5) is 47.9. The van der Waals surface area contributed by atoms with Gasteiger partial charge in [-0.25, -0.2) is 9.97 Å². The predicted octanol–water partition coefficient (Wildman–Crippen LogP) is 8.02. The SMILES string of the molecule is CC(C)C(=O)N1C(c2ncc(C3CCC(c4ccc(-c5cnc(C6CC7CC7N6C(=O)C(C)c6ccccc6)[nH]5)cc4)CC3)[nH]2)CC2CC21. The summed E-state index contributed by atoms with van der Waals surface area (Å²) in [6.07, 6.45) is 12.9. The number of aromatic amines is 2. The Hall–Kier alpha value is -4.20. The average molecular weight is 657 g/mol. The third-order valence-electron chi connectivity index (χ3n) is 12.6. The van der Waals surface area contributed by atoms with Crippen LogP contribution in [0.4, 0.5) is 0 Å². The van der Waals surface area contributed by atoms with Crippen molar-refractivity contribution in [2.75, 3.05) is 0 Å². The summed E-state index contributed by atoms with van der Waals surface area (Å²) in [6.45, 7) is 6.04. The van der Waals surface area contributed by atoms with Crippen LogP contribution in [0.2, 0.25) is 0 Å². The van der Waals surface area contributed by atoms with E-state index in [1.54, 1.807) is 0 Å². The van der Waals surface area contributed by atoms with Crippen molar-refractivity contribution in [1.82, 2.24) is 29.7 Å². The van der Waals surface area contributed by atoms with Crippen LogP contribution < -0.4 is 0 Å². The summed E-state index contributed by atoms with van der Waals surface area (Å²) in [5.41, 5.74) is 5.86. The number of benzene rings is 2. The van der Waals surface area contributed by atoms with Crippen molar-refractivity contribution in [2.45, 2.75) is 114 Å². The lowest BCUT2D eigenvalue weighted by Gasteiger charge is -2.29. The Kier molecular flexibility index (Phi) is 7.54. The number of fused-ring (bicyclic) bond motifs is 2. The summed E-state index contributed by atoms with van der Waals surface area (Å²) < 4.78 is 0. The van der Waals surface area contributed by atoms with Crippen LogP contribution in [0.15, 0.2) is 67.0 Å². The minimum atomic E-state index is -0.160. The van der Waals surface area contributed by atoms with Crippen molar-refractivity contribution >= 4 is 11.8 Å². The Balaban J connectivity index is 0.826. The number of carbonyl (C=O) groups excluding carboxylic acids is 2. The van der Waals surface area contributed by atoms with Gasteiger partial charge in [0.15, 0.2) is 0 Å². The maximum absolute atomic E-state index is 13.7. The first-order valence-corrected chi connectivity index (χ1v) is 18.7. The minimum Gasteiger partial charge on any atom is -0.344 e. The second-order valence-corrected chi connectivity index (χ2v) is 16.0. The first kappa shape index (κ1) is 30.8. The quantitative estimate of drug-likeness (QED) is 0.201. The van der Waals surface area contributed by atoms with Gasteiger partial charge in [0.05, 0.1) is 29.9 Å². The van der Waals surface area contributed by atoms with Crippen LogP contribution in [-0.4, -0.2) is 53.6 Å². The molecule has 7 atom stereocenters. The maximum Gasteiger partial charge on any atom is 0.230 e. The molecule has 7 unspecified atom stereocenters. The first-order chi connectivity index (χ1) is 23.8. The summed E-state index contributed by atoms with van der Waals surface area (Å²) in [5, 5.41) is 0. The van der Waals surface area contributed by atoms with E-state index in [9.17, 15) is 9.59 Å². The van der Waals surface area contributed by atoms with Gasteiger partial charge in [-0.05, 0) is 92.7 Å². The molecule has 3 aliphatic carbocycles. The molecule has 0 radical (unpaired) electrons. The largest absolute Gasteiger partial charge is 0.344 e. The zero-order chi connectivity index (χ0) is 33.4. The van der Waals surface area contributed by atoms with Gasteiger partial charge in [-0.15, -0.1) is 0 Å². The van der Waals surface area contributed by atoms with Gasteiger partial charge in [-0.3, -0.25) is 9.59 Å². The van der Waals surface area contributed by atoms with Gasteiger partial charge in [0.2, 0.25) is 11.8 Å². The lowest BCUT2D eigenvalue weighted by Crippen LogP contribution is -2.37. The molecule has 254 valence electrons. The van der Waals surface area contributed by atoms with Gasteiger partial charge in [0.25, 0.3) is 0 Å². The van der Waals surface area contributed by atoms with Gasteiger partial charge in [0, 0.05) is 35.8 Å². The third-order valence-corrected chi connectivity index (χ3v) is 12.6. The van der Waals surface area contributed by atoms with E-state index in [1.165, 1.54) is 11.3 Å². The lowest BCUT2D eigenvalue weighted by molar-refractivity contribution is -0.137. The minimum absolute atomic E-state index is 0.0156. The van der Waals surface area contributed by atoms with Crippen LogP contribution in [0.1, 0.15) is 130 Å². The van der Waals surface area contributed by atoms with Crippen molar-refractivity contribution in [3.8, 4) is 11.3 Å². The molecule has 5 fully saturated rings. The second kappa shape index (κ2) is 12.0. The number of rotatable bonds is 8. The lowest BCUT2D eigenvalue weighted by atomic mass is 9.77. The number of aromatic nitrogens is 4. The standard InChI is InChI=1S/C41H48N6O2/c1-23(2)40(48)46-34-17-30(34)19-36(46)38-42-21-32(44-38)28-13-9-26(10-14-28)27-11-15-29(16-12-27)33-22-43-39(45-33)37-20-31-18-35(31)47(37)41(49)24(3)25-7-5-4-6-8-25/h4-8,11-12,15-16,21-24,26,28,30-31,34-37H,9-10,13-14,17-20H2,1-3H3,(H,42,44)(H,43,45). The van der Waals surface area contributed by atoms with Crippen molar-refractivity contribution < 1.29 is 9.59 Å². The van der Waals surface area contributed by atoms with E-state index >= 15 is 0 Å². The van der Waals surface area contributed by atoms with Crippen LogP contribution in [0.5, 0.6) is 0 Å². The Morgan fingerprint density at radius 3 is 1.94 bits per heavy atom. The molecule has 2 aromatic carbocycles. The van der Waals surface area contributed by atoms with Crippen LogP contribution in [0.25, 0.3) is 11.3 Å². The zero-order valence-corrected chi connectivity index (χ0v) is 28.9. The smallest absolute Gasteiger partial charge is 0.230 e. The van der Waals surface area contributed by atoms with E-state index in [0.29, 0.717) is 35.8 Å². The third kappa shape index (κ3) is 5.51. The molecule has 2 N–H and O–H groups in total. The molecule has 2 aliphatic heterocycles. The monoisotopic (exact) mass is 656 g/mol. The van der Waals surface area contributed by atoms with Crippen LogP contribution in [0.3, 0.4) is 0 Å². The number of nitrogens with one attached hydrogen (secondary N) is 2. The van der Waals surface area contributed by atoms with Crippen molar-refractivity contribution in [2.24, 2.45) is 17.8 Å². The second-order valence-electron chi connectivity index (χ2n) is 16.0. The molecule has 2 saturated heterocycles. The number of likely N-dealkylation sites (tertiary alicyclic amines) is 2. The Labute approximate surface area is 289 Å². The topological polar surface area (TPSA) is 98.0 Å². The predicted molar refractivity (Wildman–Crippen MR) is 188 cm³/mol. The number of imidazole rings is 2. The molecule has 0 bridgehead atoms. The number of amides is 2. The highest BCUT2D eigenvalue weighted by Crippen LogP contribution is 2.55. The van der Waals surface area contributed by atoms with Gasteiger partial charge in [-0.1, -0.05) is 68.4 Å². The van der Waals surface area contributed by atoms with Crippen molar-refractivity contribution in [1.29, 1.82) is 0 Å². The maximum atomic E-state index is 13.7. The molecule has 9 rings (SSSR count). The van der Waals surface area contributed by atoms with Crippen molar-refractivity contribution in [3.05, 3.63) is 95.5 Å². The fourth-order valence-electron chi connectivity index (χ4n) is 9.49. The summed E-state index contributed by atoms with van der Waals surface area (Å²) in [7, 11) is 0. The highest BCUT2D eigenvalue weighted by Gasteiger charge is 2.56. The van der Waals surface area contributed by atoms with E-state index in [0.717, 1.165) is 79.8 Å². The Bertz CT molecular complexity index is 1840. The number of hydrogen-bond donors (Lipinski definition) is 2. The highest BCUT2D eigenvalue weighted by atomic mass is 16.2. The molecule has 2 amide bonds. The fourth-order valence-corrected chi connectivity index (χ4v) is 9.49. The molecule has 4 heterocycles. The summed E-state index contributed by atoms with van der Waals surface area (Å²) in [5.74, 6) is 4.54. The van der Waals surface area contributed by atoms with E-state index in [4.69, 9.17) is 9.97 Å². The number of hydrogen-bond acceptors (Lipinski definition) is 4. The van der Waals surface area contributed by atoms with Crippen LogP contribution >= 0.6 is 0 Å². The number of piperidine rings is 2. The molecule has 49 heavy (non-hydrogen) atoms.